The van der Waals surface area contributed by atoms with E-state index in [0.717, 1.165) is 68.4 Å². The lowest BCUT2D eigenvalue weighted by atomic mass is 10.0. The molecule has 0 N–H and O–H groups in total. The smallest absolute Gasteiger partial charge is 0.254 e. The number of ether oxygens (including phenoxy) is 1. The summed E-state index contributed by atoms with van der Waals surface area (Å²) in [6.45, 7) is 7.27. The van der Waals surface area contributed by atoms with Crippen LogP contribution in [0.5, 0.6) is 0 Å². The summed E-state index contributed by atoms with van der Waals surface area (Å²) < 4.78 is 5.72. The summed E-state index contributed by atoms with van der Waals surface area (Å²) in [5.41, 5.74) is 2.02. The molecule has 0 aliphatic carbocycles. The van der Waals surface area contributed by atoms with Crippen LogP contribution in [0.4, 0.5) is 0 Å². The number of hydrogen-bond donors (Lipinski definition) is 0. The highest BCUT2D eigenvalue weighted by molar-refractivity contribution is 9.09. The average molecular weight is 412 g/mol. The normalized spacial score (nSPS) is 10.8. The highest BCUT2D eigenvalue weighted by atomic mass is 79.9. The molecule has 3 nitrogen and oxygen atoms in total. The molecule has 0 aliphatic rings. The maximum atomic E-state index is 12.6. The van der Waals surface area contributed by atoms with Crippen LogP contribution in [0.1, 0.15) is 68.3 Å². The first-order valence-electron chi connectivity index (χ1n) is 9.75. The van der Waals surface area contributed by atoms with E-state index in [2.05, 4.69) is 22.0 Å². The van der Waals surface area contributed by atoms with Crippen molar-refractivity contribution in [2.75, 3.05) is 31.6 Å². The fraction of sp³-hybridized carbons (Fsp3) is 0.667. The predicted molar refractivity (Wildman–Crippen MR) is 110 cm³/mol. The van der Waals surface area contributed by atoms with Gasteiger partial charge in [-0.25, -0.2) is 0 Å². The quantitative estimate of drug-likeness (QED) is 0.300. The van der Waals surface area contributed by atoms with E-state index < -0.39 is 0 Å². The first-order chi connectivity index (χ1) is 12.2. The Labute approximate surface area is 162 Å². The van der Waals surface area contributed by atoms with Crippen LogP contribution in [-0.4, -0.2) is 42.4 Å². The molecule has 1 aromatic rings. The number of rotatable bonds is 14. The van der Waals surface area contributed by atoms with E-state index in [1.54, 1.807) is 0 Å². The first kappa shape index (κ1) is 22.2. The van der Waals surface area contributed by atoms with Gasteiger partial charge in [0.15, 0.2) is 0 Å². The fourth-order valence-electron chi connectivity index (χ4n) is 2.90. The molecule has 0 aromatic heterocycles. The van der Waals surface area contributed by atoms with Gasteiger partial charge < -0.3 is 9.64 Å². The zero-order valence-electron chi connectivity index (χ0n) is 15.9. The van der Waals surface area contributed by atoms with Gasteiger partial charge in [-0.2, -0.15) is 0 Å². The number of unbranched alkanes of at least 4 members (excludes halogenated alkanes) is 4. The molecule has 0 heterocycles. The molecular weight excluding hydrogens is 378 g/mol. The summed E-state index contributed by atoms with van der Waals surface area (Å²) in [5, 5.41) is 1.10. The van der Waals surface area contributed by atoms with Crippen molar-refractivity contribution in [1.82, 2.24) is 4.90 Å². The number of benzene rings is 1. The maximum Gasteiger partial charge on any atom is 0.254 e. The number of hydrogen-bond acceptors (Lipinski definition) is 2. The van der Waals surface area contributed by atoms with Crippen molar-refractivity contribution in [3.05, 3.63) is 35.4 Å². The third-order valence-corrected chi connectivity index (χ3v) is 5.02. The number of nitrogens with zero attached hydrogens (tertiary/aromatic N) is 1. The molecule has 25 heavy (non-hydrogen) atoms. The monoisotopic (exact) mass is 411 g/mol. The topological polar surface area (TPSA) is 29.5 Å². The lowest BCUT2D eigenvalue weighted by Crippen LogP contribution is -2.31. The van der Waals surface area contributed by atoms with Gasteiger partial charge in [0, 0.05) is 37.2 Å². The van der Waals surface area contributed by atoms with Gasteiger partial charge in [0.05, 0.1) is 0 Å². The van der Waals surface area contributed by atoms with Crippen molar-refractivity contribution in [3.63, 3.8) is 0 Å². The van der Waals surface area contributed by atoms with Gasteiger partial charge in [-0.3, -0.25) is 4.79 Å². The zero-order chi connectivity index (χ0) is 18.3. The molecule has 0 fully saturated rings. The van der Waals surface area contributed by atoms with E-state index >= 15 is 0 Å². The van der Waals surface area contributed by atoms with Crippen LogP contribution in [0.15, 0.2) is 24.3 Å². The zero-order valence-corrected chi connectivity index (χ0v) is 17.5. The molecule has 0 spiro atoms. The molecule has 1 rings (SSSR count). The molecule has 0 saturated heterocycles. The van der Waals surface area contributed by atoms with Crippen molar-refractivity contribution in [3.8, 4) is 0 Å². The summed E-state index contributed by atoms with van der Waals surface area (Å²) in [4.78, 5) is 14.5. The predicted octanol–water partition coefficient (Wildman–Crippen LogP) is 5.46. The van der Waals surface area contributed by atoms with E-state index in [1.165, 1.54) is 19.3 Å². The molecule has 0 unspecified atom stereocenters. The molecule has 142 valence electrons. The molecule has 0 bridgehead atoms. The first-order valence-corrected chi connectivity index (χ1v) is 10.9. The second kappa shape index (κ2) is 14.3. The van der Waals surface area contributed by atoms with Crippen molar-refractivity contribution in [2.24, 2.45) is 0 Å². The fourth-order valence-corrected chi connectivity index (χ4v) is 3.30. The van der Waals surface area contributed by atoms with Gasteiger partial charge in [-0.05, 0) is 57.6 Å². The standard InChI is InChI=1S/C21H34BrNO2/c1-3-23(4-2)21(24)20-15-8-7-13-19(20)14-9-12-18-25-17-11-6-5-10-16-22/h7-8,13,15H,3-6,9-12,14,16-18H2,1-2H3. The van der Waals surface area contributed by atoms with Crippen molar-refractivity contribution in [2.45, 2.75) is 58.8 Å². The van der Waals surface area contributed by atoms with E-state index in [9.17, 15) is 4.79 Å². The Morgan fingerprint density at radius 2 is 1.60 bits per heavy atom. The Hall–Kier alpha value is -0.870. The van der Waals surface area contributed by atoms with Crippen LogP contribution in [0.2, 0.25) is 0 Å². The highest BCUT2D eigenvalue weighted by Gasteiger charge is 2.15. The minimum atomic E-state index is 0.153. The van der Waals surface area contributed by atoms with E-state index in [4.69, 9.17) is 4.74 Å². The summed E-state index contributed by atoms with van der Waals surface area (Å²) in [5.74, 6) is 0.153. The van der Waals surface area contributed by atoms with Gasteiger partial charge in [0.1, 0.15) is 0 Å². The third kappa shape index (κ3) is 8.87. The minimum Gasteiger partial charge on any atom is -0.381 e. The largest absolute Gasteiger partial charge is 0.381 e. The second-order valence-corrected chi connectivity index (χ2v) is 7.10. The van der Waals surface area contributed by atoms with E-state index in [0.29, 0.717) is 0 Å². The summed E-state index contributed by atoms with van der Waals surface area (Å²) >= 11 is 3.45. The van der Waals surface area contributed by atoms with Gasteiger partial charge in [0.25, 0.3) is 5.91 Å². The van der Waals surface area contributed by atoms with E-state index in [1.807, 2.05) is 36.9 Å². The Morgan fingerprint density at radius 1 is 0.960 bits per heavy atom. The van der Waals surface area contributed by atoms with Crippen LogP contribution < -0.4 is 0 Å². The number of alkyl halides is 1. The molecule has 0 saturated carbocycles. The summed E-state index contributed by atoms with van der Waals surface area (Å²) in [6, 6.07) is 8.03. The van der Waals surface area contributed by atoms with Gasteiger partial charge >= 0.3 is 0 Å². The van der Waals surface area contributed by atoms with Crippen molar-refractivity contribution in [1.29, 1.82) is 0 Å². The van der Waals surface area contributed by atoms with Crippen molar-refractivity contribution < 1.29 is 9.53 Å². The number of amides is 1. The third-order valence-electron chi connectivity index (χ3n) is 4.46. The molecule has 0 radical (unpaired) electrons. The Morgan fingerprint density at radius 3 is 2.28 bits per heavy atom. The lowest BCUT2D eigenvalue weighted by Gasteiger charge is -2.20. The van der Waals surface area contributed by atoms with Gasteiger partial charge in [0.2, 0.25) is 0 Å². The van der Waals surface area contributed by atoms with Crippen LogP contribution >= 0.6 is 15.9 Å². The molecule has 1 aromatic carbocycles. The van der Waals surface area contributed by atoms with Crippen molar-refractivity contribution >= 4 is 21.8 Å². The minimum absolute atomic E-state index is 0.153. The lowest BCUT2D eigenvalue weighted by molar-refractivity contribution is 0.0772. The number of halogens is 1. The molecule has 4 heteroatoms. The second-order valence-electron chi connectivity index (χ2n) is 6.31. The summed E-state index contributed by atoms with van der Waals surface area (Å²) in [6.07, 6.45) is 8.01. The average Bonchev–Trinajstić information content (AvgIpc) is 2.64. The number of carbonyl (C=O) groups excluding carboxylic acids is 1. The summed E-state index contributed by atoms with van der Waals surface area (Å²) in [7, 11) is 0. The van der Waals surface area contributed by atoms with Crippen LogP contribution in [-0.2, 0) is 11.2 Å². The molecule has 0 atom stereocenters. The Kier molecular flexibility index (Phi) is 12.7. The Bertz CT molecular complexity index is 475. The maximum absolute atomic E-state index is 12.6. The number of aryl methyl sites for hydroxylation is 1. The van der Waals surface area contributed by atoms with Gasteiger partial charge in [-0.1, -0.05) is 47.0 Å². The Balaban J connectivity index is 2.28. The van der Waals surface area contributed by atoms with E-state index in [-0.39, 0.29) is 5.91 Å². The van der Waals surface area contributed by atoms with Gasteiger partial charge in [-0.15, -0.1) is 0 Å². The van der Waals surface area contributed by atoms with Crippen LogP contribution in [0.3, 0.4) is 0 Å². The highest BCUT2D eigenvalue weighted by Crippen LogP contribution is 2.15. The number of carbonyl (C=O) groups is 1. The molecular formula is C21H34BrNO2. The molecule has 1 amide bonds. The molecule has 0 aliphatic heterocycles. The SMILES string of the molecule is CCN(CC)C(=O)c1ccccc1CCCCOCCCCCCBr. The van der Waals surface area contributed by atoms with Crippen LogP contribution in [0.25, 0.3) is 0 Å². The van der Waals surface area contributed by atoms with Crippen LogP contribution in [0, 0.1) is 0 Å².